The molecule has 2 heterocycles. The van der Waals surface area contributed by atoms with Crippen molar-refractivity contribution in [3.05, 3.63) is 29.8 Å². The van der Waals surface area contributed by atoms with Gasteiger partial charge in [0.1, 0.15) is 6.04 Å². The van der Waals surface area contributed by atoms with Crippen LogP contribution in [0.5, 0.6) is 0 Å². The molecule has 3 rings (SSSR count). The van der Waals surface area contributed by atoms with Gasteiger partial charge in [0.05, 0.1) is 0 Å². The number of rotatable bonds is 3. The minimum absolute atomic E-state index is 0.104. The lowest BCUT2D eigenvalue weighted by Gasteiger charge is -2.37. The summed E-state index contributed by atoms with van der Waals surface area (Å²) in [5.74, 6) is 0.104. The average Bonchev–Trinajstić information content (AvgIpc) is 2.92. The quantitative estimate of drug-likeness (QED) is 0.844. The molecule has 0 bridgehead atoms. The van der Waals surface area contributed by atoms with Gasteiger partial charge in [-0.2, -0.15) is 0 Å². The number of nitrogens with zero attached hydrogens (tertiary/aromatic N) is 2. The summed E-state index contributed by atoms with van der Waals surface area (Å²) in [6.45, 7) is 3.88. The SMILES string of the molecule is CN1CCN(C)C(CNC(=O)C2Cc3ccccc3N2)C1. The number of likely N-dealkylation sites (N-methyl/N-ethyl adjacent to an activating group) is 2. The highest BCUT2D eigenvalue weighted by atomic mass is 16.2. The molecule has 2 aliphatic rings. The zero-order valence-corrected chi connectivity index (χ0v) is 12.8. The van der Waals surface area contributed by atoms with Gasteiger partial charge in [-0.1, -0.05) is 18.2 Å². The van der Waals surface area contributed by atoms with Crippen LogP contribution in [-0.4, -0.2) is 68.1 Å². The second-order valence-corrected chi connectivity index (χ2v) is 6.20. The van der Waals surface area contributed by atoms with E-state index in [9.17, 15) is 4.79 Å². The highest BCUT2D eigenvalue weighted by Gasteiger charge is 2.28. The Hall–Kier alpha value is -1.59. The number of hydrogen-bond donors (Lipinski definition) is 2. The van der Waals surface area contributed by atoms with Crippen LogP contribution >= 0.6 is 0 Å². The molecule has 1 amide bonds. The third kappa shape index (κ3) is 3.19. The monoisotopic (exact) mass is 288 g/mol. The number of benzene rings is 1. The van der Waals surface area contributed by atoms with Gasteiger partial charge in [-0.3, -0.25) is 9.69 Å². The Labute approximate surface area is 126 Å². The van der Waals surface area contributed by atoms with Crippen molar-refractivity contribution in [1.29, 1.82) is 0 Å². The van der Waals surface area contributed by atoms with E-state index < -0.39 is 0 Å². The second kappa shape index (κ2) is 6.03. The van der Waals surface area contributed by atoms with Crippen molar-refractivity contribution in [2.24, 2.45) is 0 Å². The largest absolute Gasteiger partial charge is 0.373 e. The first kappa shape index (κ1) is 14.4. The lowest BCUT2D eigenvalue weighted by atomic mass is 10.1. The molecule has 0 aliphatic carbocycles. The number of piperazine rings is 1. The highest BCUT2D eigenvalue weighted by Crippen LogP contribution is 2.25. The van der Waals surface area contributed by atoms with E-state index in [1.807, 2.05) is 18.2 Å². The summed E-state index contributed by atoms with van der Waals surface area (Å²) in [4.78, 5) is 17.0. The van der Waals surface area contributed by atoms with E-state index in [0.29, 0.717) is 12.6 Å². The van der Waals surface area contributed by atoms with Crippen molar-refractivity contribution in [2.75, 3.05) is 45.6 Å². The van der Waals surface area contributed by atoms with Crippen LogP contribution in [0.1, 0.15) is 5.56 Å². The van der Waals surface area contributed by atoms with Crippen LogP contribution in [0.25, 0.3) is 0 Å². The topological polar surface area (TPSA) is 47.6 Å². The van der Waals surface area contributed by atoms with Crippen LogP contribution in [-0.2, 0) is 11.2 Å². The summed E-state index contributed by atoms with van der Waals surface area (Å²) in [6.07, 6.45) is 0.780. The lowest BCUT2D eigenvalue weighted by molar-refractivity contribution is -0.122. The van der Waals surface area contributed by atoms with Gasteiger partial charge in [0.2, 0.25) is 5.91 Å². The second-order valence-electron chi connectivity index (χ2n) is 6.20. The van der Waals surface area contributed by atoms with Gasteiger partial charge in [-0.15, -0.1) is 0 Å². The van der Waals surface area contributed by atoms with E-state index in [2.05, 4.69) is 40.6 Å². The molecule has 1 saturated heterocycles. The fourth-order valence-corrected chi connectivity index (χ4v) is 3.12. The van der Waals surface area contributed by atoms with Crippen LogP contribution in [0.15, 0.2) is 24.3 Å². The molecule has 5 heteroatoms. The molecule has 2 N–H and O–H groups in total. The summed E-state index contributed by atoms with van der Waals surface area (Å²) in [5.41, 5.74) is 2.32. The molecule has 0 spiro atoms. The van der Waals surface area contributed by atoms with Crippen LogP contribution < -0.4 is 10.6 Å². The molecule has 5 nitrogen and oxygen atoms in total. The first-order chi connectivity index (χ1) is 10.1. The smallest absolute Gasteiger partial charge is 0.242 e. The number of carbonyl (C=O) groups is 1. The maximum Gasteiger partial charge on any atom is 0.242 e. The fraction of sp³-hybridized carbons (Fsp3) is 0.562. The molecule has 2 atom stereocenters. The zero-order valence-electron chi connectivity index (χ0n) is 12.8. The van der Waals surface area contributed by atoms with Gasteiger partial charge >= 0.3 is 0 Å². The maximum absolute atomic E-state index is 12.3. The van der Waals surface area contributed by atoms with Gasteiger partial charge in [-0.25, -0.2) is 0 Å². The van der Waals surface area contributed by atoms with Crippen molar-refractivity contribution in [3.63, 3.8) is 0 Å². The average molecular weight is 288 g/mol. The Morgan fingerprint density at radius 3 is 2.95 bits per heavy atom. The van der Waals surface area contributed by atoms with Crippen LogP contribution in [0.3, 0.4) is 0 Å². The highest BCUT2D eigenvalue weighted by molar-refractivity contribution is 5.87. The maximum atomic E-state index is 12.3. The number of fused-ring (bicyclic) bond motifs is 1. The van der Waals surface area contributed by atoms with E-state index in [0.717, 1.165) is 31.7 Å². The van der Waals surface area contributed by atoms with Gasteiger partial charge in [0, 0.05) is 44.3 Å². The zero-order chi connectivity index (χ0) is 14.8. The Morgan fingerprint density at radius 2 is 2.14 bits per heavy atom. The van der Waals surface area contributed by atoms with E-state index in [1.54, 1.807) is 0 Å². The minimum Gasteiger partial charge on any atom is -0.373 e. The molecule has 114 valence electrons. The van der Waals surface area contributed by atoms with Crippen molar-refractivity contribution in [1.82, 2.24) is 15.1 Å². The molecular formula is C16H24N4O. The molecular weight excluding hydrogens is 264 g/mol. The van der Waals surface area contributed by atoms with Crippen LogP contribution in [0.4, 0.5) is 5.69 Å². The van der Waals surface area contributed by atoms with E-state index >= 15 is 0 Å². The third-order valence-corrected chi connectivity index (χ3v) is 4.58. The van der Waals surface area contributed by atoms with Crippen molar-refractivity contribution in [3.8, 4) is 0 Å². The number of para-hydroxylation sites is 1. The molecule has 1 aromatic carbocycles. The molecule has 1 aromatic rings. The summed E-state index contributed by atoms with van der Waals surface area (Å²) in [5, 5.41) is 6.42. The number of amides is 1. The lowest BCUT2D eigenvalue weighted by Crippen LogP contribution is -2.55. The Balaban J connectivity index is 1.51. The summed E-state index contributed by atoms with van der Waals surface area (Å²) < 4.78 is 0. The Bertz CT molecular complexity index is 494. The molecule has 2 aliphatic heterocycles. The minimum atomic E-state index is -0.131. The first-order valence-electron chi connectivity index (χ1n) is 7.64. The van der Waals surface area contributed by atoms with Crippen molar-refractivity contribution >= 4 is 11.6 Å². The number of anilines is 1. The van der Waals surface area contributed by atoms with E-state index in [4.69, 9.17) is 0 Å². The Morgan fingerprint density at radius 1 is 1.33 bits per heavy atom. The van der Waals surface area contributed by atoms with Crippen molar-refractivity contribution in [2.45, 2.75) is 18.5 Å². The van der Waals surface area contributed by atoms with Crippen LogP contribution in [0.2, 0.25) is 0 Å². The number of nitrogens with one attached hydrogen (secondary N) is 2. The van der Waals surface area contributed by atoms with Crippen molar-refractivity contribution < 1.29 is 4.79 Å². The van der Waals surface area contributed by atoms with E-state index in [1.165, 1.54) is 5.56 Å². The molecule has 21 heavy (non-hydrogen) atoms. The third-order valence-electron chi connectivity index (χ3n) is 4.58. The van der Waals surface area contributed by atoms with E-state index in [-0.39, 0.29) is 11.9 Å². The number of carbonyl (C=O) groups excluding carboxylic acids is 1. The summed E-state index contributed by atoms with van der Waals surface area (Å²) in [6, 6.07) is 8.41. The fourth-order valence-electron chi connectivity index (χ4n) is 3.12. The molecule has 0 radical (unpaired) electrons. The molecule has 2 unspecified atom stereocenters. The molecule has 0 aromatic heterocycles. The van der Waals surface area contributed by atoms with Gasteiger partial charge in [0.15, 0.2) is 0 Å². The number of hydrogen-bond acceptors (Lipinski definition) is 4. The van der Waals surface area contributed by atoms with Gasteiger partial charge < -0.3 is 15.5 Å². The van der Waals surface area contributed by atoms with Gasteiger partial charge in [-0.05, 0) is 25.7 Å². The standard InChI is InChI=1S/C16H24N4O/c1-19-7-8-20(2)13(11-19)10-17-16(21)15-9-12-5-3-4-6-14(12)18-15/h3-6,13,15,18H,7-11H2,1-2H3,(H,17,21). The summed E-state index contributed by atoms with van der Waals surface area (Å²) >= 11 is 0. The molecule has 1 fully saturated rings. The summed E-state index contributed by atoms with van der Waals surface area (Å²) in [7, 11) is 4.27. The van der Waals surface area contributed by atoms with Gasteiger partial charge in [0.25, 0.3) is 0 Å². The predicted molar refractivity (Wildman–Crippen MR) is 84.5 cm³/mol. The first-order valence-corrected chi connectivity index (χ1v) is 7.64. The Kier molecular flexibility index (Phi) is 4.12. The normalized spacial score (nSPS) is 26.2. The predicted octanol–water partition coefficient (Wildman–Crippen LogP) is 0.385. The van der Waals surface area contributed by atoms with Crippen LogP contribution in [0, 0.1) is 0 Å². The molecule has 0 saturated carbocycles.